The highest BCUT2D eigenvalue weighted by Gasteiger charge is 2.51. The molecule has 198 valence electrons. The first-order valence-electron chi connectivity index (χ1n) is 13.8. The highest BCUT2D eigenvalue weighted by molar-refractivity contribution is 5.95. The molecule has 0 unspecified atom stereocenters. The molecular weight excluding hydrogens is 466 g/mol. The lowest BCUT2D eigenvalue weighted by molar-refractivity contribution is -0.132. The summed E-state index contributed by atoms with van der Waals surface area (Å²) in [5.41, 5.74) is 5.77. The Hall–Kier alpha value is -2.87. The fourth-order valence-electron chi connectivity index (χ4n) is 6.65. The molecule has 37 heavy (non-hydrogen) atoms. The number of anilines is 1. The Bertz CT molecular complexity index is 1240. The van der Waals surface area contributed by atoms with E-state index in [1.807, 2.05) is 28.3 Å². The monoisotopic (exact) mass is 505 g/mol. The standard InChI is InChI=1S/C29H39N5O3/c1-18-6-5-7-23(19(18)2)31-10-12-32(13-11-31)25(35)17-34-24-15-20-14-22(20)26(24)27(30-34)28(36)33-9-8-21(16-33)29(3,4)37/h5-7,20-22,37H,8-17H2,1-4H3/t20-,21-,22-/m1/s1. The number of aryl methyl sites for hydroxylation is 1. The zero-order valence-electron chi connectivity index (χ0n) is 22.5. The van der Waals surface area contributed by atoms with Crippen molar-refractivity contribution in [3.05, 3.63) is 46.3 Å². The number of hydrogen-bond acceptors (Lipinski definition) is 5. The van der Waals surface area contributed by atoms with E-state index in [-0.39, 0.29) is 24.3 Å². The number of aliphatic hydroxyl groups is 1. The number of nitrogens with zero attached hydrogens (tertiary/aromatic N) is 5. The van der Waals surface area contributed by atoms with Gasteiger partial charge in [-0.3, -0.25) is 14.3 Å². The van der Waals surface area contributed by atoms with E-state index in [9.17, 15) is 14.7 Å². The van der Waals surface area contributed by atoms with Gasteiger partial charge in [0.2, 0.25) is 5.91 Å². The van der Waals surface area contributed by atoms with Gasteiger partial charge in [-0.15, -0.1) is 0 Å². The minimum absolute atomic E-state index is 0.0381. The molecule has 1 N–H and O–H groups in total. The second-order valence-corrected chi connectivity index (χ2v) is 12.2. The smallest absolute Gasteiger partial charge is 0.274 e. The third-order valence-corrected chi connectivity index (χ3v) is 9.36. The quantitative estimate of drug-likeness (QED) is 0.676. The van der Waals surface area contributed by atoms with Crippen molar-refractivity contribution in [1.29, 1.82) is 0 Å². The predicted octanol–water partition coefficient (Wildman–Crippen LogP) is 2.74. The molecule has 0 radical (unpaired) electrons. The first-order chi connectivity index (χ1) is 17.6. The number of amides is 2. The molecule has 2 aromatic rings. The predicted molar refractivity (Wildman–Crippen MR) is 142 cm³/mol. The van der Waals surface area contributed by atoms with Gasteiger partial charge in [0, 0.05) is 62.1 Å². The molecule has 1 aromatic carbocycles. The molecule has 8 heteroatoms. The van der Waals surface area contributed by atoms with Crippen LogP contribution in [-0.4, -0.2) is 81.4 Å². The van der Waals surface area contributed by atoms with E-state index >= 15 is 0 Å². The van der Waals surface area contributed by atoms with Gasteiger partial charge in [-0.2, -0.15) is 5.10 Å². The largest absolute Gasteiger partial charge is 0.390 e. The van der Waals surface area contributed by atoms with Crippen LogP contribution in [0.3, 0.4) is 0 Å². The Morgan fingerprint density at radius 1 is 1.08 bits per heavy atom. The first-order valence-corrected chi connectivity index (χ1v) is 13.8. The first kappa shape index (κ1) is 24.5. The summed E-state index contributed by atoms with van der Waals surface area (Å²) < 4.78 is 1.83. The zero-order chi connectivity index (χ0) is 26.1. The Morgan fingerprint density at radius 3 is 2.54 bits per heavy atom. The van der Waals surface area contributed by atoms with E-state index in [1.54, 1.807) is 0 Å². The number of rotatable bonds is 5. The van der Waals surface area contributed by atoms with Crippen LogP contribution in [0, 0.1) is 25.7 Å². The number of benzene rings is 1. The number of carbonyl (C=O) groups is 2. The number of fused-ring (bicyclic) bond motifs is 3. The van der Waals surface area contributed by atoms with Crippen LogP contribution in [0.25, 0.3) is 0 Å². The van der Waals surface area contributed by atoms with Crippen LogP contribution in [0.4, 0.5) is 5.69 Å². The van der Waals surface area contributed by atoms with E-state index in [0.29, 0.717) is 43.7 Å². The number of piperazine rings is 1. The van der Waals surface area contributed by atoms with Crippen LogP contribution < -0.4 is 4.90 Å². The normalized spacial score (nSPS) is 24.9. The van der Waals surface area contributed by atoms with Crippen LogP contribution >= 0.6 is 0 Å². The summed E-state index contributed by atoms with van der Waals surface area (Å²) >= 11 is 0. The Balaban J connectivity index is 1.14. The lowest BCUT2D eigenvalue weighted by Crippen LogP contribution is -2.50. The lowest BCUT2D eigenvalue weighted by Gasteiger charge is -2.37. The average Bonchev–Trinajstić information content (AvgIpc) is 3.21. The Labute approximate surface area is 219 Å². The summed E-state index contributed by atoms with van der Waals surface area (Å²) in [5.74, 6) is 1.14. The van der Waals surface area contributed by atoms with Crippen molar-refractivity contribution in [1.82, 2.24) is 19.6 Å². The molecule has 3 fully saturated rings. The molecule has 1 aromatic heterocycles. The molecule has 1 saturated carbocycles. The minimum atomic E-state index is -0.799. The topological polar surface area (TPSA) is 81.9 Å². The molecule has 4 aliphatic rings. The molecule has 3 atom stereocenters. The van der Waals surface area contributed by atoms with Gasteiger partial charge in [0.25, 0.3) is 5.91 Å². The van der Waals surface area contributed by atoms with Crippen LogP contribution in [0.1, 0.15) is 65.5 Å². The lowest BCUT2D eigenvalue weighted by atomic mass is 9.90. The van der Waals surface area contributed by atoms with E-state index < -0.39 is 5.60 Å². The number of hydrogen-bond donors (Lipinski definition) is 1. The van der Waals surface area contributed by atoms with Crippen LogP contribution in [0.2, 0.25) is 0 Å². The van der Waals surface area contributed by atoms with Gasteiger partial charge in [0.05, 0.1) is 5.60 Å². The summed E-state index contributed by atoms with van der Waals surface area (Å²) in [4.78, 5) is 33.0. The second-order valence-electron chi connectivity index (χ2n) is 12.2. The molecule has 3 heterocycles. The maximum absolute atomic E-state index is 13.5. The summed E-state index contributed by atoms with van der Waals surface area (Å²) in [5, 5.41) is 15.2. The van der Waals surface area contributed by atoms with Crippen molar-refractivity contribution in [2.75, 3.05) is 44.2 Å². The van der Waals surface area contributed by atoms with E-state index in [0.717, 1.165) is 43.6 Å². The molecule has 6 rings (SSSR count). The molecule has 2 aliphatic heterocycles. The highest BCUT2D eigenvalue weighted by Crippen LogP contribution is 2.57. The molecule has 2 saturated heterocycles. The van der Waals surface area contributed by atoms with Crippen molar-refractivity contribution in [2.45, 2.75) is 65.0 Å². The summed E-state index contributed by atoms with van der Waals surface area (Å²) in [6, 6.07) is 6.41. The molecule has 8 nitrogen and oxygen atoms in total. The van der Waals surface area contributed by atoms with Crippen LogP contribution in [-0.2, 0) is 17.8 Å². The molecular formula is C29H39N5O3. The van der Waals surface area contributed by atoms with Gasteiger partial charge in [-0.1, -0.05) is 12.1 Å². The summed E-state index contributed by atoms with van der Waals surface area (Å²) in [6.07, 6.45) is 2.84. The molecule has 2 amide bonds. The SMILES string of the molecule is Cc1cccc(N2CCN(C(=O)Cn3nc(C(=O)N4CC[C@@H](C(C)(C)O)C4)c4c3C[C@H]3C[C@@H]43)CC2)c1C. The van der Waals surface area contributed by atoms with Gasteiger partial charge in [0.15, 0.2) is 5.69 Å². The van der Waals surface area contributed by atoms with E-state index in [2.05, 4.69) is 36.9 Å². The Kier molecular flexibility index (Phi) is 5.86. The Morgan fingerprint density at radius 2 is 1.84 bits per heavy atom. The third-order valence-electron chi connectivity index (χ3n) is 9.36. The van der Waals surface area contributed by atoms with E-state index in [4.69, 9.17) is 5.10 Å². The maximum Gasteiger partial charge on any atom is 0.274 e. The van der Waals surface area contributed by atoms with Gasteiger partial charge in [-0.05, 0) is 76.0 Å². The van der Waals surface area contributed by atoms with Crippen molar-refractivity contribution in [3.8, 4) is 0 Å². The van der Waals surface area contributed by atoms with Gasteiger partial charge in [0.1, 0.15) is 6.54 Å². The van der Waals surface area contributed by atoms with Crippen molar-refractivity contribution in [2.24, 2.45) is 11.8 Å². The van der Waals surface area contributed by atoms with Gasteiger partial charge in [-0.25, -0.2) is 0 Å². The molecule has 2 aliphatic carbocycles. The van der Waals surface area contributed by atoms with Gasteiger partial charge >= 0.3 is 0 Å². The van der Waals surface area contributed by atoms with Crippen molar-refractivity contribution < 1.29 is 14.7 Å². The third kappa shape index (κ3) is 4.33. The van der Waals surface area contributed by atoms with Crippen molar-refractivity contribution >= 4 is 17.5 Å². The summed E-state index contributed by atoms with van der Waals surface area (Å²) in [7, 11) is 0. The average molecular weight is 506 g/mol. The number of carbonyl (C=O) groups excluding carboxylic acids is 2. The number of likely N-dealkylation sites (tertiary alicyclic amines) is 1. The van der Waals surface area contributed by atoms with Crippen molar-refractivity contribution in [3.63, 3.8) is 0 Å². The van der Waals surface area contributed by atoms with Crippen LogP contribution in [0.15, 0.2) is 18.2 Å². The zero-order valence-corrected chi connectivity index (χ0v) is 22.5. The molecule has 0 spiro atoms. The fraction of sp³-hybridized carbons (Fsp3) is 0.621. The number of aromatic nitrogens is 2. The van der Waals surface area contributed by atoms with E-state index in [1.165, 1.54) is 16.8 Å². The fourth-order valence-corrected chi connectivity index (χ4v) is 6.65. The van der Waals surface area contributed by atoms with Gasteiger partial charge < -0.3 is 19.8 Å². The maximum atomic E-state index is 13.5. The molecule has 0 bridgehead atoms. The van der Waals surface area contributed by atoms with Crippen LogP contribution in [0.5, 0.6) is 0 Å². The summed E-state index contributed by atoms with van der Waals surface area (Å²) in [6.45, 7) is 12.4. The second kappa shape index (κ2) is 8.86. The minimum Gasteiger partial charge on any atom is -0.390 e. The highest BCUT2D eigenvalue weighted by atomic mass is 16.3.